The highest BCUT2D eigenvalue weighted by Gasteiger charge is 2.27. The van der Waals surface area contributed by atoms with Crippen LogP contribution in [0.2, 0.25) is 0 Å². The minimum Gasteiger partial charge on any atom is -0.506 e. The van der Waals surface area contributed by atoms with E-state index in [0.29, 0.717) is 44.7 Å². The molecule has 28 heavy (non-hydrogen) atoms. The molecule has 0 saturated carbocycles. The first-order valence-corrected chi connectivity index (χ1v) is 9.75. The molecule has 1 aliphatic heterocycles. The van der Waals surface area contributed by atoms with E-state index in [1.165, 1.54) is 0 Å². The average Bonchev–Trinajstić information content (AvgIpc) is 2.71. The molecule has 1 aliphatic rings. The van der Waals surface area contributed by atoms with Crippen molar-refractivity contribution in [1.29, 1.82) is 0 Å². The number of aromatic hydroxyl groups is 1. The lowest BCUT2D eigenvalue weighted by Gasteiger charge is -2.32. The number of likely N-dealkylation sites (tertiary alicyclic amines) is 1. The van der Waals surface area contributed by atoms with Gasteiger partial charge in [-0.1, -0.05) is 30.3 Å². The van der Waals surface area contributed by atoms with Crippen molar-refractivity contribution in [3.05, 3.63) is 54.6 Å². The van der Waals surface area contributed by atoms with Crippen LogP contribution in [0.5, 0.6) is 5.75 Å². The summed E-state index contributed by atoms with van der Waals surface area (Å²) in [6, 6.07) is 16.4. The smallest absolute Gasteiger partial charge is 0.241 e. The minimum absolute atomic E-state index is 0.0689. The molecule has 1 heterocycles. The Kier molecular flexibility index (Phi) is 6.66. The number of nitrogens with one attached hydrogen (secondary N) is 1. The number of para-hydroxylation sites is 3. The summed E-state index contributed by atoms with van der Waals surface area (Å²) in [5.74, 6) is -0.0421. The van der Waals surface area contributed by atoms with Crippen molar-refractivity contribution < 1.29 is 14.7 Å². The molecule has 1 fully saturated rings. The topological polar surface area (TPSA) is 72.9 Å². The number of phenolic OH excluding ortho intramolecular Hbond substituents is 1. The maximum Gasteiger partial charge on any atom is 0.241 e. The van der Waals surface area contributed by atoms with Gasteiger partial charge in [-0.25, -0.2) is 0 Å². The van der Waals surface area contributed by atoms with Crippen molar-refractivity contribution in [3.8, 4) is 5.75 Å². The second-order valence-electron chi connectivity index (χ2n) is 7.03. The highest BCUT2D eigenvalue weighted by atomic mass is 16.3. The van der Waals surface area contributed by atoms with Crippen LogP contribution in [0.25, 0.3) is 0 Å². The van der Waals surface area contributed by atoms with E-state index in [1.54, 1.807) is 29.2 Å². The van der Waals surface area contributed by atoms with Crippen molar-refractivity contribution in [1.82, 2.24) is 4.90 Å². The standard InChI is InChI=1S/C22H27N3O3/c1-2-25(18-8-4-3-5-9-18)21(27)16-24-14-12-17(13-15-24)22(28)23-19-10-6-7-11-20(19)26/h3-11,17,26H,2,12-16H2,1H3,(H,23,28). The van der Waals surface area contributed by atoms with E-state index in [9.17, 15) is 14.7 Å². The maximum absolute atomic E-state index is 12.7. The van der Waals surface area contributed by atoms with Crippen LogP contribution in [0.15, 0.2) is 54.6 Å². The van der Waals surface area contributed by atoms with Gasteiger partial charge in [0.05, 0.1) is 12.2 Å². The number of carbonyl (C=O) groups is 2. The molecule has 3 rings (SSSR count). The van der Waals surface area contributed by atoms with Crippen LogP contribution >= 0.6 is 0 Å². The van der Waals surface area contributed by atoms with Gasteiger partial charge in [0.25, 0.3) is 0 Å². The number of hydrogen-bond donors (Lipinski definition) is 2. The van der Waals surface area contributed by atoms with E-state index in [0.717, 1.165) is 5.69 Å². The highest BCUT2D eigenvalue weighted by Crippen LogP contribution is 2.25. The number of anilines is 2. The third kappa shape index (κ3) is 4.89. The number of benzene rings is 2. The molecule has 0 spiro atoms. The molecule has 6 heteroatoms. The number of carbonyl (C=O) groups excluding carboxylic acids is 2. The SMILES string of the molecule is CCN(C(=O)CN1CCC(C(=O)Nc2ccccc2O)CC1)c1ccccc1. The van der Waals surface area contributed by atoms with Gasteiger partial charge in [-0.15, -0.1) is 0 Å². The normalized spacial score (nSPS) is 15.2. The molecule has 1 saturated heterocycles. The molecule has 0 bridgehead atoms. The van der Waals surface area contributed by atoms with Crippen LogP contribution < -0.4 is 10.2 Å². The Hall–Kier alpha value is -2.86. The van der Waals surface area contributed by atoms with E-state index in [-0.39, 0.29) is 23.5 Å². The Balaban J connectivity index is 1.50. The third-order valence-corrected chi connectivity index (χ3v) is 5.16. The quantitative estimate of drug-likeness (QED) is 0.754. The molecule has 6 nitrogen and oxygen atoms in total. The summed E-state index contributed by atoms with van der Waals surface area (Å²) in [6.45, 7) is 4.37. The predicted octanol–water partition coefficient (Wildman–Crippen LogP) is 3.10. The van der Waals surface area contributed by atoms with Crippen LogP contribution in [-0.2, 0) is 9.59 Å². The molecule has 2 aromatic rings. The zero-order valence-electron chi connectivity index (χ0n) is 16.2. The average molecular weight is 381 g/mol. The van der Waals surface area contributed by atoms with E-state index in [4.69, 9.17) is 0 Å². The summed E-state index contributed by atoms with van der Waals surface area (Å²) >= 11 is 0. The van der Waals surface area contributed by atoms with Gasteiger partial charge < -0.3 is 15.3 Å². The van der Waals surface area contributed by atoms with Crippen molar-refractivity contribution in [3.63, 3.8) is 0 Å². The Bertz CT molecular complexity index is 802. The van der Waals surface area contributed by atoms with Gasteiger partial charge in [0.15, 0.2) is 0 Å². The zero-order valence-corrected chi connectivity index (χ0v) is 16.2. The number of phenols is 1. The van der Waals surface area contributed by atoms with Crippen LogP contribution in [0.1, 0.15) is 19.8 Å². The van der Waals surface area contributed by atoms with Gasteiger partial charge >= 0.3 is 0 Å². The fraction of sp³-hybridized carbons (Fsp3) is 0.364. The van der Waals surface area contributed by atoms with Gasteiger partial charge in [-0.3, -0.25) is 14.5 Å². The van der Waals surface area contributed by atoms with Crippen LogP contribution in [0.4, 0.5) is 11.4 Å². The van der Waals surface area contributed by atoms with Crippen LogP contribution in [0, 0.1) is 5.92 Å². The fourth-order valence-corrected chi connectivity index (χ4v) is 3.55. The summed E-state index contributed by atoms with van der Waals surface area (Å²) in [6.07, 6.45) is 1.40. The number of likely N-dealkylation sites (N-methyl/N-ethyl adjacent to an activating group) is 1. The van der Waals surface area contributed by atoms with E-state index < -0.39 is 0 Å². The highest BCUT2D eigenvalue weighted by molar-refractivity contribution is 5.95. The summed E-state index contributed by atoms with van der Waals surface area (Å²) in [5.41, 5.74) is 1.35. The van der Waals surface area contributed by atoms with Crippen LogP contribution in [-0.4, -0.2) is 48.0 Å². The molecular formula is C22H27N3O3. The molecule has 2 N–H and O–H groups in total. The number of amides is 2. The first-order chi connectivity index (χ1) is 13.6. The first-order valence-electron chi connectivity index (χ1n) is 9.75. The Morgan fingerprint density at radius 2 is 1.71 bits per heavy atom. The minimum atomic E-state index is -0.109. The molecule has 0 aliphatic carbocycles. The molecule has 148 valence electrons. The summed E-state index contributed by atoms with van der Waals surface area (Å²) in [5, 5.41) is 12.6. The zero-order chi connectivity index (χ0) is 19.9. The van der Waals surface area contributed by atoms with E-state index >= 15 is 0 Å². The Morgan fingerprint density at radius 3 is 2.36 bits per heavy atom. The lowest BCUT2D eigenvalue weighted by Crippen LogP contribution is -2.45. The second-order valence-corrected chi connectivity index (χ2v) is 7.03. The predicted molar refractivity (Wildman–Crippen MR) is 110 cm³/mol. The number of piperidine rings is 1. The molecule has 0 atom stereocenters. The molecular weight excluding hydrogens is 354 g/mol. The summed E-state index contributed by atoms with van der Waals surface area (Å²) in [4.78, 5) is 29.1. The van der Waals surface area contributed by atoms with Gasteiger partial charge in [0.1, 0.15) is 5.75 Å². The number of rotatable bonds is 6. The molecule has 2 amide bonds. The van der Waals surface area contributed by atoms with Crippen molar-refractivity contribution >= 4 is 23.2 Å². The number of hydrogen-bond acceptors (Lipinski definition) is 4. The van der Waals surface area contributed by atoms with Crippen molar-refractivity contribution in [2.45, 2.75) is 19.8 Å². The second kappa shape index (κ2) is 9.37. The third-order valence-electron chi connectivity index (χ3n) is 5.16. The van der Waals surface area contributed by atoms with E-state index in [2.05, 4.69) is 10.2 Å². The van der Waals surface area contributed by atoms with Crippen molar-refractivity contribution in [2.75, 3.05) is 36.4 Å². The maximum atomic E-state index is 12.7. The monoisotopic (exact) mass is 381 g/mol. The summed E-state index contributed by atoms with van der Waals surface area (Å²) < 4.78 is 0. The lowest BCUT2D eigenvalue weighted by atomic mass is 9.95. The molecule has 0 aromatic heterocycles. The number of nitrogens with zero attached hydrogens (tertiary/aromatic N) is 2. The Morgan fingerprint density at radius 1 is 1.07 bits per heavy atom. The first kappa shape index (κ1) is 19.9. The lowest BCUT2D eigenvalue weighted by molar-refractivity contribution is -0.122. The van der Waals surface area contributed by atoms with Crippen LogP contribution in [0.3, 0.4) is 0 Å². The summed E-state index contributed by atoms with van der Waals surface area (Å²) in [7, 11) is 0. The van der Waals surface area contributed by atoms with Crippen molar-refractivity contribution in [2.24, 2.45) is 5.92 Å². The largest absolute Gasteiger partial charge is 0.506 e. The fourth-order valence-electron chi connectivity index (χ4n) is 3.55. The van der Waals surface area contributed by atoms with Gasteiger partial charge in [-0.05, 0) is 57.1 Å². The molecule has 0 radical (unpaired) electrons. The molecule has 0 unspecified atom stereocenters. The van der Waals surface area contributed by atoms with E-state index in [1.807, 2.05) is 37.3 Å². The Labute approximate surface area is 165 Å². The molecule has 2 aromatic carbocycles. The van der Waals surface area contributed by atoms with Gasteiger partial charge in [0.2, 0.25) is 11.8 Å². The van der Waals surface area contributed by atoms with Gasteiger partial charge in [0, 0.05) is 18.2 Å². The van der Waals surface area contributed by atoms with Gasteiger partial charge in [-0.2, -0.15) is 0 Å².